The minimum absolute atomic E-state index is 0.111. The van der Waals surface area contributed by atoms with Crippen LogP contribution in [0, 0.1) is 23.7 Å². The lowest BCUT2D eigenvalue weighted by Gasteiger charge is -2.23. The van der Waals surface area contributed by atoms with Crippen molar-refractivity contribution in [3.8, 4) is 34.8 Å². The summed E-state index contributed by atoms with van der Waals surface area (Å²) in [6.45, 7) is 0. The SMILES string of the molecule is O=C1c2cc(C#CC(O)(c3ccccc3)c3ccccc3)ccc2-c2ccc(C#CC(O)(c3ccccc3)c3ccccc3)cc21. The number of ketones is 1. The second kappa shape index (κ2) is 11.8. The largest absolute Gasteiger partial charge is 0.369 e. The molecule has 218 valence electrons. The molecule has 7 rings (SSSR count). The van der Waals surface area contributed by atoms with Gasteiger partial charge in [0.25, 0.3) is 0 Å². The first kappa shape index (κ1) is 28.8. The van der Waals surface area contributed by atoms with Crippen LogP contribution in [-0.4, -0.2) is 16.0 Å². The van der Waals surface area contributed by atoms with Gasteiger partial charge in [-0.25, -0.2) is 0 Å². The quantitative estimate of drug-likeness (QED) is 0.209. The first-order valence-corrected chi connectivity index (χ1v) is 15.0. The number of carbonyl (C=O) groups excluding carboxylic acids is 1. The minimum atomic E-state index is -1.52. The van der Waals surface area contributed by atoms with Gasteiger partial charge in [0.2, 0.25) is 0 Å². The maximum atomic E-state index is 13.7. The number of hydrogen-bond acceptors (Lipinski definition) is 3. The molecule has 1 aliphatic carbocycles. The topological polar surface area (TPSA) is 57.5 Å². The molecule has 0 saturated heterocycles. The fraction of sp³-hybridized carbons (Fsp3) is 0.0465. The molecule has 46 heavy (non-hydrogen) atoms. The fourth-order valence-corrected chi connectivity index (χ4v) is 5.90. The van der Waals surface area contributed by atoms with E-state index >= 15 is 0 Å². The van der Waals surface area contributed by atoms with Gasteiger partial charge in [0.05, 0.1) is 0 Å². The maximum absolute atomic E-state index is 13.7. The van der Waals surface area contributed by atoms with Crippen molar-refractivity contribution in [3.63, 3.8) is 0 Å². The first-order chi connectivity index (χ1) is 22.5. The predicted molar refractivity (Wildman–Crippen MR) is 181 cm³/mol. The molecular weight excluding hydrogens is 564 g/mol. The zero-order chi connectivity index (χ0) is 31.6. The highest BCUT2D eigenvalue weighted by Gasteiger charge is 2.31. The average Bonchev–Trinajstić information content (AvgIpc) is 3.41. The fourth-order valence-electron chi connectivity index (χ4n) is 5.90. The summed E-state index contributed by atoms with van der Waals surface area (Å²) in [6.07, 6.45) is 0. The van der Waals surface area contributed by atoms with Crippen molar-refractivity contribution in [2.45, 2.75) is 11.2 Å². The Kier molecular flexibility index (Phi) is 7.41. The highest BCUT2D eigenvalue weighted by Crippen LogP contribution is 2.38. The normalized spacial score (nSPS) is 11.8. The van der Waals surface area contributed by atoms with Crippen molar-refractivity contribution in [3.05, 3.63) is 202 Å². The van der Waals surface area contributed by atoms with Gasteiger partial charge in [0, 0.05) is 44.5 Å². The summed E-state index contributed by atoms with van der Waals surface area (Å²) < 4.78 is 0. The van der Waals surface area contributed by atoms with E-state index in [2.05, 4.69) is 23.7 Å². The molecule has 0 aromatic heterocycles. The van der Waals surface area contributed by atoms with Crippen molar-refractivity contribution >= 4 is 5.78 Å². The Morgan fingerprint density at radius 1 is 0.391 bits per heavy atom. The van der Waals surface area contributed by atoms with E-state index in [0.717, 1.165) is 11.1 Å². The Hall–Kier alpha value is -5.97. The molecule has 0 amide bonds. The summed E-state index contributed by atoms with van der Waals surface area (Å²) in [7, 11) is 0. The molecule has 0 atom stereocenters. The van der Waals surface area contributed by atoms with Crippen LogP contribution in [0.1, 0.15) is 49.3 Å². The number of fused-ring (bicyclic) bond motifs is 3. The third-order valence-corrected chi connectivity index (χ3v) is 8.36. The van der Waals surface area contributed by atoms with Gasteiger partial charge in [-0.3, -0.25) is 4.79 Å². The van der Waals surface area contributed by atoms with Gasteiger partial charge < -0.3 is 10.2 Å². The molecule has 1 aliphatic rings. The molecule has 0 bridgehead atoms. The van der Waals surface area contributed by atoms with Gasteiger partial charge >= 0.3 is 0 Å². The predicted octanol–water partition coefficient (Wildman–Crippen LogP) is 7.47. The summed E-state index contributed by atoms with van der Waals surface area (Å²) in [6, 6.07) is 48.5. The highest BCUT2D eigenvalue weighted by molar-refractivity contribution is 6.22. The van der Waals surface area contributed by atoms with Crippen molar-refractivity contribution < 1.29 is 15.0 Å². The Bertz CT molecular complexity index is 1940. The molecule has 3 heteroatoms. The van der Waals surface area contributed by atoms with Crippen LogP contribution < -0.4 is 0 Å². The second-order valence-electron chi connectivity index (χ2n) is 11.2. The van der Waals surface area contributed by atoms with E-state index in [1.54, 1.807) is 12.1 Å². The van der Waals surface area contributed by atoms with Gasteiger partial charge in [-0.15, -0.1) is 0 Å². The van der Waals surface area contributed by atoms with Crippen molar-refractivity contribution in [1.82, 2.24) is 0 Å². The molecule has 6 aromatic carbocycles. The van der Waals surface area contributed by atoms with Crippen molar-refractivity contribution in [2.75, 3.05) is 0 Å². The third-order valence-electron chi connectivity index (χ3n) is 8.36. The van der Waals surface area contributed by atoms with Crippen LogP contribution in [0.3, 0.4) is 0 Å². The van der Waals surface area contributed by atoms with Gasteiger partial charge in [-0.1, -0.05) is 157 Å². The summed E-state index contributed by atoms with van der Waals surface area (Å²) in [5.74, 6) is 12.3. The summed E-state index contributed by atoms with van der Waals surface area (Å²) in [5.41, 5.74) is 3.64. The van der Waals surface area contributed by atoms with E-state index in [0.29, 0.717) is 44.5 Å². The Labute approximate surface area is 268 Å². The molecule has 0 unspecified atom stereocenters. The zero-order valence-electron chi connectivity index (χ0n) is 24.8. The van der Waals surface area contributed by atoms with Gasteiger partial charge in [-0.2, -0.15) is 0 Å². The van der Waals surface area contributed by atoms with Crippen LogP contribution in [0.2, 0.25) is 0 Å². The van der Waals surface area contributed by atoms with Crippen LogP contribution in [-0.2, 0) is 11.2 Å². The molecular formula is C43H28O3. The van der Waals surface area contributed by atoms with Crippen LogP contribution in [0.5, 0.6) is 0 Å². The summed E-state index contributed by atoms with van der Waals surface area (Å²) in [4.78, 5) is 13.7. The summed E-state index contributed by atoms with van der Waals surface area (Å²) in [5, 5.41) is 23.6. The monoisotopic (exact) mass is 592 g/mol. The lowest BCUT2D eigenvalue weighted by molar-refractivity contribution is 0.104. The number of rotatable bonds is 4. The average molecular weight is 593 g/mol. The number of benzene rings is 6. The molecule has 0 fully saturated rings. The van der Waals surface area contributed by atoms with Crippen LogP contribution in [0.25, 0.3) is 11.1 Å². The zero-order valence-corrected chi connectivity index (χ0v) is 24.8. The molecule has 0 spiro atoms. The molecule has 0 aliphatic heterocycles. The molecule has 0 heterocycles. The van der Waals surface area contributed by atoms with E-state index in [1.165, 1.54) is 0 Å². The Balaban J connectivity index is 1.22. The van der Waals surface area contributed by atoms with Crippen LogP contribution >= 0.6 is 0 Å². The van der Waals surface area contributed by atoms with E-state index < -0.39 is 11.2 Å². The first-order valence-electron chi connectivity index (χ1n) is 15.0. The second-order valence-corrected chi connectivity index (χ2v) is 11.2. The molecule has 2 N–H and O–H groups in total. The van der Waals surface area contributed by atoms with E-state index in [1.807, 2.05) is 146 Å². The number of hydrogen-bond donors (Lipinski definition) is 2. The van der Waals surface area contributed by atoms with Crippen LogP contribution in [0.15, 0.2) is 158 Å². The lowest BCUT2D eigenvalue weighted by Crippen LogP contribution is -2.25. The molecule has 3 nitrogen and oxygen atoms in total. The van der Waals surface area contributed by atoms with Gasteiger partial charge in [0.15, 0.2) is 17.0 Å². The standard InChI is InChI=1S/C43H28O3/c44-41-39-29-31(25-27-42(45,33-13-5-1-6-14-33)34-15-7-2-8-16-34)21-23-37(39)38-24-22-32(30-40(38)41)26-28-43(46,35-17-9-3-10-18-35)36-19-11-4-12-20-36/h1-24,29-30,45-46H. The van der Waals surface area contributed by atoms with Gasteiger partial charge in [0.1, 0.15) is 0 Å². The highest BCUT2D eigenvalue weighted by atomic mass is 16.3. The van der Waals surface area contributed by atoms with Crippen molar-refractivity contribution in [2.24, 2.45) is 0 Å². The molecule has 0 saturated carbocycles. The third kappa shape index (κ3) is 5.21. The Morgan fingerprint density at radius 2 is 0.696 bits per heavy atom. The smallest absolute Gasteiger partial charge is 0.194 e. The number of carbonyl (C=O) groups is 1. The molecule has 0 radical (unpaired) electrons. The number of aliphatic hydroxyl groups is 2. The lowest BCUT2D eigenvalue weighted by atomic mass is 9.86. The molecule has 6 aromatic rings. The summed E-state index contributed by atoms with van der Waals surface area (Å²) >= 11 is 0. The van der Waals surface area contributed by atoms with Crippen molar-refractivity contribution in [1.29, 1.82) is 0 Å². The maximum Gasteiger partial charge on any atom is 0.194 e. The van der Waals surface area contributed by atoms with E-state index in [-0.39, 0.29) is 5.78 Å². The Morgan fingerprint density at radius 3 is 1.00 bits per heavy atom. The van der Waals surface area contributed by atoms with Gasteiger partial charge in [-0.05, 0) is 35.4 Å². The minimum Gasteiger partial charge on any atom is -0.369 e. The van der Waals surface area contributed by atoms with E-state index in [9.17, 15) is 15.0 Å². The van der Waals surface area contributed by atoms with E-state index in [4.69, 9.17) is 0 Å². The van der Waals surface area contributed by atoms with Crippen LogP contribution in [0.4, 0.5) is 0 Å².